The summed E-state index contributed by atoms with van der Waals surface area (Å²) >= 11 is 0. The Hall–Kier alpha value is -3.53. The van der Waals surface area contributed by atoms with Crippen molar-refractivity contribution in [3.05, 3.63) is 84.9 Å². The molecule has 2 atom stereocenters. The smallest absolute Gasteiger partial charge is 0.243 e. The number of rotatable bonds is 9. The zero-order chi connectivity index (χ0) is 25.7. The largest absolute Gasteiger partial charge is 0.395 e. The average Bonchev–Trinajstić information content (AvgIpc) is 3.31. The van der Waals surface area contributed by atoms with E-state index >= 15 is 0 Å². The number of nitrogens with zero attached hydrogens (tertiary/aromatic N) is 1. The molecule has 8 nitrogen and oxygen atoms in total. The number of hydrogen-bond donors (Lipinski definition) is 3. The van der Waals surface area contributed by atoms with Crippen LogP contribution < -0.4 is 10.6 Å². The third kappa shape index (κ3) is 5.64. The van der Waals surface area contributed by atoms with E-state index in [9.17, 15) is 23.1 Å². The molecular weight excluding hydrogens is 478 g/mol. The number of nitrogens with one attached hydrogen (secondary N) is 2. The molecule has 188 valence electrons. The maximum absolute atomic E-state index is 13.2. The molecule has 0 aliphatic carbocycles. The van der Waals surface area contributed by atoms with Gasteiger partial charge in [-0.05, 0) is 59.5 Å². The average molecular weight is 508 g/mol. The van der Waals surface area contributed by atoms with E-state index in [1.807, 2.05) is 42.5 Å². The van der Waals surface area contributed by atoms with Gasteiger partial charge in [-0.15, -0.1) is 0 Å². The second-order valence-electron chi connectivity index (χ2n) is 8.77. The van der Waals surface area contributed by atoms with Crippen molar-refractivity contribution in [1.29, 1.82) is 0 Å². The molecule has 3 N–H and O–H groups in total. The quantitative estimate of drug-likeness (QED) is 0.385. The molecule has 1 aliphatic rings. The van der Waals surface area contributed by atoms with Crippen LogP contribution in [0.15, 0.2) is 84.3 Å². The van der Waals surface area contributed by atoms with Gasteiger partial charge in [0.25, 0.3) is 0 Å². The minimum Gasteiger partial charge on any atom is -0.395 e. The molecule has 1 heterocycles. The Kier molecular flexibility index (Phi) is 7.83. The van der Waals surface area contributed by atoms with Crippen LogP contribution in [0.2, 0.25) is 0 Å². The summed E-state index contributed by atoms with van der Waals surface area (Å²) in [6.07, 6.45) is 2.30. The minimum absolute atomic E-state index is 0.0467. The maximum atomic E-state index is 13.2. The summed E-state index contributed by atoms with van der Waals surface area (Å²) in [6.45, 7) is 3.10. The highest BCUT2D eigenvalue weighted by Crippen LogP contribution is 2.27. The van der Waals surface area contributed by atoms with Crippen molar-refractivity contribution in [2.45, 2.75) is 36.2 Å². The molecule has 2 unspecified atom stereocenters. The maximum Gasteiger partial charge on any atom is 0.243 e. The van der Waals surface area contributed by atoms with Crippen LogP contribution in [-0.2, 0) is 26.0 Å². The lowest BCUT2D eigenvalue weighted by atomic mass is 10.0. The van der Waals surface area contributed by atoms with Gasteiger partial charge >= 0.3 is 0 Å². The van der Waals surface area contributed by atoms with Gasteiger partial charge < -0.3 is 15.7 Å². The highest BCUT2D eigenvalue weighted by molar-refractivity contribution is 7.89. The van der Waals surface area contributed by atoms with E-state index in [0.717, 1.165) is 22.4 Å². The van der Waals surface area contributed by atoms with E-state index < -0.39 is 28.0 Å². The Morgan fingerprint density at radius 2 is 1.78 bits per heavy atom. The molecular formula is C27H29N3O5S. The van der Waals surface area contributed by atoms with Gasteiger partial charge in [-0.2, -0.15) is 4.31 Å². The first-order valence-electron chi connectivity index (χ1n) is 11.7. The Labute approximate surface area is 210 Å². The molecule has 9 heteroatoms. The molecule has 0 radical (unpaired) electrons. The molecule has 3 aromatic carbocycles. The monoisotopic (exact) mass is 507 g/mol. The summed E-state index contributed by atoms with van der Waals surface area (Å²) in [5.41, 5.74) is 1.59. The molecule has 1 fully saturated rings. The van der Waals surface area contributed by atoms with Crippen molar-refractivity contribution < 1.29 is 23.1 Å². The minimum atomic E-state index is -3.90. The fraction of sp³-hybridized carbons (Fsp3) is 0.259. The van der Waals surface area contributed by atoms with E-state index in [0.29, 0.717) is 18.5 Å². The first-order chi connectivity index (χ1) is 17.3. The summed E-state index contributed by atoms with van der Waals surface area (Å²) < 4.78 is 27.6. The van der Waals surface area contributed by atoms with Crippen LogP contribution in [0.5, 0.6) is 0 Å². The van der Waals surface area contributed by atoms with Gasteiger partial charge in [0, 0.05) is 24.7 Å². The van der Waals surface area contributed by atoms with Crippen LogP contribution in [0.25, 0.3) is 10.8 Å². The van der Waals surface area contributed by atoms with Crippen LogP contribution in [0, 0.1) is 0 Å². The Morgan fingerprint density at radius 1 is 1.06 bits per heavy atom. The van der Waals surface area contributed by atoms with Crippen molar-refractivity contribution in [2.24, 2.45) is 0 Å². The summed E-state index contributed by atoms with van der Waals surface area (Å²) in [5.74, 6) is -0.560. The lowest BCUT2D eigenvalue weighted by Crippen LogP contribution is -2.39. The molecule has 4 rings (SSSR count). The molecule has 0 spiro atoms. The number of benzene rings is 3. The second-order valence-corrected chi connectivity index (χ2v) is 10.7. The summed E-state index contributed by atoms with van der Waals surface area (Å²) in [6, 6.07) is 19.0. The molecule has 2 amide bonds. The predicted molar refractivity (Wildman–Crippen MR) is 139 cm³/mol. The molecule has 1 saturated heterocycles. The van der Waals surface area contributed by atoms with E-state index in [-0.39, 0.29) is 30.4 Å². The van der Waals surface area contributed by atoms with E-state index in [1.165, 1.54) is 16.4 Å². The normalized spacial score (nSPS) is 18.1. The first-order valence-corrected chi connectivity index (χ1v) is 13.2. The van der Waals surface area contributed by atoms with Crippen molar-refractivity contribution in [1.82, 2.24) is 9.62 Å². The number of fused-ring (bicyclic) bond motifs is 1. The van der Waals surface area contributed by atoms with Crippen molar-refractivity contribution in [3.63, 3.8) is 0 Å². The lowest BCUT2D eigenvalue weighted by Gasteiger charge is -2.22. The zero-order valence-electron chi connectivity index (χ0n) is 19.8. The number of carbonyl (C=O) groups is 2. The second kappa shape index (κ2) is 11.0. The lowest BCUT2D eigenvalue weighted by molar-refractivity contribution is -0.117. The Morgan fingerprint density at radius 3 is 2.50 bits per heavy atom. The highest BCUT2D eigenvalue weighted by Gasteiger charge is 2.40. The SMILES string of the molecule is C=CC(=O)NC1CC(CO)N(S(=O)(=O)c2ccc(NC(=O)CCc3cccc4ccccc34)cc2)C1. The number of aryl methyl sites for hydroxylation is 1. The van der Waals surface area contributed by atoms with Crippen LogP contribution in [0.4, 0.5) is 5.69 Å². The Bertz CT molecular complexity index is 1370. The standard InChI is InChI=1S/C27H29N3O5S/c1-2-26(32)29-22-16-23(18-31)30(17-22)36(34,35)24-13-11-21(12-14-24)28-27(33)15-10-20-8-5-7-19-6-3-4-9-25(19)20/h2-9,11-14,22-23,31H,1,10,15-18H2,(H,28,33)(H,29,32). The van der Waals surface area contributed by atoms with Crippen molar-refractivity contribution in [3.8, 4) is 0 Å². The molecule has 36 heavy (non-hydrogen) atoms. The van der Waals surface area contributed by atoms with Crippen LogP contribution in [0.3, 0.4) is 0 Å². The Balaban J connectivity index is 1.39. The number of carbonyl (C=O) groups excluding carboxylic acids is 2. The van der Waals surface area contributed by atoms with Gasteiger partial charge in [0.1, 0.15) is 0 Å². The number of hydrogen-bond acceptors (Lipinski definition) is 5. The first kappa shape index (κ1) is 25.6. The highest BCUT2D eigenvalue weighted by atomic mass is 32.2. The van der Waals surface area contributed by atoms with E-state index in [2.05, 4.69) is 17.2 Å². The third-order valence-corrected chi connectivity index (χ3v) is 8.29. The van der Waals surface area contributed by atoms with Gasteiger partial charge in [0.2, 0.25) is 21.8 Å². The number of sulfonamides is 1. The number of aliphatic hydroxyl groups excluding tert-OH is 1. The molecule has 0 saturated carbocycles. The van der Waals surface area contributed by atoms with Crippen molar-refractivity contribution >= 4 is 38.3 Å². The molecule has 0 aromatic heterocycles. The van der Waals surface area contributed by atoms with Gasteiger partial charge in [0.05, 0.1) is 17.5 Å². The number of amides is 2. The van der Waals surface area contributed by atoms with Crippen LogP contribution in [0.1, 0.15) is 18.4 Å². The molecule has 1 aliphatic heterocycles. The molecule has 3 aromatic rings. The fourth-order valence-electron chi connectivity index (χ4n) is 4.54. The summed E-state index contributed by atoms with van der Waals surface area (Å²) in [7, 11) is -3.90. The van der Waals surface area contributed by atoms with Gasteiger partial charge in [-0.1, -0.05) is 49.0 Å². The molecule has 0 bridgehead atoms. The van der Waals surface area contributed by atoms with Crippen LogP contribution in [-0.4, -0.2) is 54.9 Å². The summed E-state index contributed by atoms with van der Waals surface area (Å²) in [5, 5.41) is 17.5. The summed E-state index contributed by atoms with van der Waals surface area (Å²) in [4.78, 5) is 24.2. The third-order valence-electron chi connectivity index (χ3n) is 6.35. The topological polar surface area (TPSA) is 116 Å². The van der Waals surface area contributed by atoms with Gasteiger partial charge in [-0.25, -0.2) is 8.42 Å². The fourth-order valence-corrected chi connectivity index (χ4v) is 6.21. The van der Waals surface area contributed by atoms with Crippen molar-refractivity contribution in [2.75, 3.05) is 18.5 Å². The van der Waals surface area contributed by atoms with Gasteiger partial charge in [-0.3, -0.25) is 9.59 Å². The van der Waals surface area contributed by atoms with Gasteiger partial charge in [0.15, 0.2) is 0 Å². The number of anilines is 1. The zero-order valence-corrected chi connectivity index (χ0v) is 20.6. The van der Waals surface area contributed by atoms with E-state index in [1.54, 1.807) is 12.1 Å². The van der Waals surface area contributed by atoms with E-state index in [4.69, 9.17) is 0 Å². The van der Waals surface area contributed by atoms with Crippen LogP contribution >= 0.6 is 0 Å². The number of aliphatic hydroxyl groups is 1. The predicted octanol–water partition coefficient (Wildman–Crippen LogP) is 2.84.